The average molecular weight is 307 g/mol. The summed E-state index contributed by atoms with van der Waals surface area (Å²) in [5.74, 6) is 5.46. The van der Waals surface area contributed by atoms with Crippen LogP contribution in [-0.4, -0.2) is 22.6 Å². The first-order valence-electron chi connectivity index (χ1n) is 5.80. The summed E-state index contributed by atoms with van der Waals surface area (Å²) < 4.78 is 0. The van der Waals surface area contributed by atoms with E-state index in [0.717, 1.165) is 0 Å². The van der Waals surface area contributed by atoms with Crippen LogP contribution < -0.4 is 5.32 Å². The standard InChI is InChI=1S/C14H11ClN2O2S/c15-11-4-5-12(10(7-11)3-1-2-6-18)17-14(19)13-8-16-9-20-13/h4-5,7-9,18H,2,6H2,(H,17,19). The smallest absolute Gasteiger partial charge is 0.267 e. The second-order valence-corrected chi connectivity index (χ2v) is 5.11. The molecule has 1 aromatic carbocycles. The number of amides is 1. The maximum Gasteiger partial charge on any atom is 0.267 e. The fourth-order valence-corrected chi connectivity index (χ4v) is 2.14. The van der Waals surface area contributed by atoms with E-state index in [9.17, 15) is 4.79 Å². The maximum atomic E-state index is 12.0. The topological polar surface area (TPSA) is 62.2 Å². The van der Waals surface area contributed by atoms with Gasteiger partial charge in [-0.3, -0.25) is 9.78 Å². The quantitative estimate of drug-likeness (QED) is 0.857. The predicted octanol–water partition coefficient (Wildman–Crippen LogP) is 2.78. The molecular weight excluding hydrogens is 296 g/mol. The van der Waals surface area contributed by atoms with Gasteiger partial charge in [0.25, 0.3) is 5.91 Å². The number of aromatic nitrogens is 1. The molecule has 2 aromatic rings. The number of nitrogens with zero attached hydrogens (tertiary/aromatic N) is 1. The van der Waals surface area contributed by atoms with E-state index in [0.29, 0.717) is 27.6 Å². The van der Waals surface area contributed by atoms with E-state index in [1.54, 1.807) is 23.7 Å². The minimum atomic E-state index is -0.236. The van der Waals surface area contributed by atoms with Crippen molar-refractivity contribution in [3.63, 3.8) is 0 Å². The Kier molecular flexibility index (Phi) is 5.13. The zero-order valence-corrected chi connectivity index (χ0v) is 12.0. The van der Waals surface area contributed by atoms with Crippen LogP contribution in [0.3, 0.4) is 0 Å². The monoisotopic (exact) mass is 306 g/mol. The molecule has 0 spiro atoms. The largest absolute Gasteiger partial charge is 0.395 e. The number of nitrogens with one attached hydrogen (secondary N) is 1. The first kappa shape index (κ1) is 14.5. The number of rotatable bonds is 3. The van der Waals surface area contributed by atoms with Gasteiger partial charge in [-0.2, -0.15) is 0 Å². The fourth-order valence-electron chi connectivity index (χ4n) is 1.45. The summed E-state index contributed by atoms with van der Waals surface area (Å²) in [5.41, 5.74) is 2.79. The van der Waals surface area contributed by atoms with Crippen LogP contribution in [0, 0.1) is 11.8 Å². The van der Waals surface area contributed by atoms with Crippen molar-refractivity contribution in [1.29, 1.82) is 0 Å². The minimum Gasteiger partial charge on any atom is -0.395 e. The highest BCUT2D eigenvalue weighted by Gasteiger charge is 2.10. The second-order valence-electron chi connectivity index (χ2n) is 3.79. The van der Waals surface area contributed by atoms with E-state index >= 15 is 0 Å². The van der Waals surface area contributed by atoms with Gasteiger partial charge in [-0.25, -0.2) is 0 Å². The molecule has 2 rings (SSSR count). The zero-order valence-electron chi connectivity index (χ0n) is 10.4. The molecule has 0 radical (unpaired) electrons. The number of anilines is 1. The molecule has 1 aromatic heterocycles. The molecule has 0 aliphatic heterocycles. The van der Waals surface area contributed by atoms with E-state index in [1.165, 1.54) is 17.5 Å². The molecule has 6 heteroatoms. The van der Waals surface area contributed by atoms with Gasteiger partial charge in [0.05, 0.1) is 24.0 Å². The van der Waals surface area contributed by atoms with E-state index in [2.05, 4.69) is 22.1 Å². The Morgan fingerprint density at radius 3 is 3.05 bits per heavy atom. The van der Waals surface area contributed by atoms with Gasteiger partial charge in [0, 0.05) is 17.0 Å². The summed E-state index contributed by atoms with van der Waals surface area (Å²) in [5, 5.41) is 12.0. The molecule has 1 heterocycles. The average Bonchev–Trinajstić information content (AvgIpc) is 2.96. The van der Waals surface area contributed by atoms with Gasteiger partial charge in [0.2, 0.25) is 0 Å². The fraction of sp³-hybridized carbons (Fsp3) is 0.143. The minimum absolute atomic E-state index is 0.00385. The summed E-state index contributed by atoms with van der Waals surface area (Å²) >= 11 is 7.19. The van der Waals surface area contributed by atoms with Crippen LogP contribution in [0.5, 0.6) is 0 Å². The summed E-state index contributed by atoms with van der Waals surface area (Å²) in [6.07, 6.45) is 1.88. The molecular formula is C14H11ClN2O2S. The van der Waals surface area contributed by atoms with Gasteiger partial charge in [-0.1, -0.05) is 23.4 Å². The third-order valence-corrected chi connectivity index (χ3v) is 3.35. The number of hydrogen-bond acceptors (Lipinski definition) is 4. The van der Waals surface area contributed by atoms with E-state index in [4.69, 9.17) is 16.7 Å². The number of benzene rings is 1. The van der Waals surface area contributed by atoms with Crippen LogP contribution >= 0.6 is 22.9 Å². The highest BCUT2D eigenvalue weighted by Crippen LogP contribution is 2.21. The van der Waals surface area contributed by atoms with Crippen molar-refractivity contribution in [3.05, 3.63) is 45.4 Å². The SMILES string of the molecule is O=C(Nc1ccc(Cl)cc1C#CCCO)c1cncs1. The van der Waals surface area contributed by atoms with Gasteiger partial charge in [-0.05, 0) is 18.2 Å². The molecule has 0 unspecified atom stereocenters. The summed E-state index contributed by atoms with van der Waals surface area (Å²) in [4.78, 5) is 16.4. The van der Waals surface area contributed by atoms with Gasteiger partial charge in [0.1, 0.15) is 4.88 Å². The Morgan fingerprint density at radius 1 is 1.50 bits per heavy atom. The summed E-state index contributed by atoms with van der Waals surface area (Å²) in [6.45, 7) is -0.00385. The molecule has 0 aliphatic rings. The Balaban J connectivity index is 2.23. The highest BCUT2D eigenvalue weighted by atomic mass is 35.5. The third kappa shape index (κ3) is 3.81. The molecule has 102 valence electrons. The molecule has 0 atom stereocenters. The number of halogens is 1. The Labute approximate surface area is 125 Å². The van der Waals surface area contributed by atoms with Crippen molar-refractivity contribution in [3.8, 4) is 11.8 Å². The van der Waals surface area contributed by atoms with E-state index < -0.39 is 0 Å². The van der Waals surface area contributed by atoms with E-state index in [1.807, 2.05) is 0 Å². The Bertz CT molecular complexity index is 660. The van der Waals surface area contributed by atoms with Crippen molar-refractivity contribution in [2.24, 2.45) is 0 Å². The van der Waals surface area contributed by atoms with Gasteiger partial charge >= 0.3 is 0 Å². The lowest BCUT2D eigenvalue weighted by Gasteiger charge is -2.06. The van der Waals surface area contributed by atoms with Crippen LogP contribution in [0.4, 0.5) is 5.69 Å². The molecule has 0 fully saturated rings. The number of carbonyl (C=O) groups is 1. The summed E-state index contributed by atoms with van der Waals surface area (Å²) in [7, 11) is 0. The molecule has 1 amide bonds. The molecule has 0 aliphatic carbocycles. The van der Waals surface area contributed by atoms with Crippen LogP contribution in [0.25, 0.3) is 0 Å². The summed E-state index contributed by atoms with van der Waals surface area (Å²) in [6, 6.07) is 5.06. The lowest BCUT2D eigenvalue weighted by Crippen LogP contribution is -2.11. The number of carbonyl (C=O) groups excluding carboxylic acids is 1. The maximum absolute atomic E-state index is 12.0. The highest BCUT2D eigenvalue weighted by molar-refractivity contribution is 7.11. The molecule has 0 saturated heterocycles. The lowest BCUT2D eigenvalue weighted by molar-refractivity contribution is 0.103. The van der Waals surface area contributed by atoms with Crippen LogP contribution in [0.2, 0.25) is 5.02 Å². The van der Waals surface area contributed by atoms with E-state index in [-0.39, 0.29) is 12.5 Å². The van der Waals surface area contributed by atoms with Gasteiger partial charge < -0.3 is 10.4 Å². The first-order valence-corrected chi connectivity index (χ1v) is 7.05. The molecule has 4 nitrogen and oxygen atoms in total. The molecule has 0 bridgehead atoms. The number of aliphatic hydroxyl groups is 1. The number of aliphatic hydroxyl groups excluding tert-OH is 1. The van der Waals surface area contributed by atoms with Gasteiger partial charge in [0.15, 0.2) is 0 Å². The van der Waals surface area contributed by atoms with Crippen molar-refractivity contribution in [2.45, 2.75) is 6.42 Å². The molecule has 20 heavy (non-hydrogen) atoms. The predicted molar refractivity (Wildman–Crippen MR) is 80.1 cm³/mol. The second kappa shape index (κ2) is 7.06. The van der Waals surface area contributed by atoms with Crippen LogP contribution in [0.1, 0.15) is 21.7 Å². The third-order valence-electron chi connectivity index (χ3n) is 2.35. The molecule has 0 saturated carbocycles. The normalized spacial score (nSPS) is 9.70. The van der Waals surface area contributed by atoms with Crippen LogP contribution in [-0.2, 0) is 0 Å². The van der Waals surface area contributed by atoms with Crippen LogP contribution in [0.15, 0.2) is 29.9 Å². The Morgan fingerprint density at radius 2 is 2.35 bits per heavy atom. The lowest BCUT2D eigenvalue weighted by atomic mass is 10.1. The van der Waals surface area contributed by atoms with Crippen molar-refractivity contribution in [2.75, 3.05) is 11.9 Å². The van der Waals surface area contributed by atoms with Crippen molar-refractivity contribution < 1.29 is 9.90 Å². The zero-order chi connectivity index (χ0) is 14.4. The van der Waals surface area contributed by atoms with Crippen molar-refractivity contribution >= 4 is 34.5 Å². The molecule has 2 N–H and O–H groups in total. The Hall–Kier alpha value is -1.87. The number of hydrogen-bond donors (Lipinski definition) is 2. The van der Waals surface area contributed by atoms with Gasteiger partial charge in [-0.15, -0.1) is 11.3 Å². The first-order chi connectivity index (χ1) is 9.70. The number of thiazole rings is 1. The van der Waals surface area contributed by atoms with Crippen molar-refractivity contribution in [1.82, 2.24) is 4.98 Å².